The average Bonchev–Trinajstić information content (AvgIpc) is 3.16. The maximum Gasteiger partial charge on any atom is 0.228 e. The molecule has 1 aromatic heterocycles. The fraction of sp³-hybridized carbons (Fsp3) is 0.412. The standard InChI is InChI=1S/C17H20ClN3O3/c1-24-14-5-4-11(18)8-12(14)13-9-15(21-20-13)19-16(22)10-17(23)6-2-3-7-17/h4-5,8-9,23H,2-3,6-7,10H2,1H3,(H2,19,20,21,22). The van der Waals surface area contributed by atoms with Gasteiger partial charge in [-0.2, -0.15) is 5.10 Å². The summed E-state index contributed by atoms with van der Waals surface area (Å²) in [5.74, 6) is 0.815. The van der Waals surface area contributed by atoms with E-state index in [9.17, 15) is 9.90 Å². The van der Waals surface area contributed by atoms with Gasteiger partial charge in [-0.25, -0.2) is 0 Å². The Kier molecular flexibility index (Phi) is 4.78. The lowest BCUT2D eigenvalue weighted by Crippen LogP contribution is -2.30. The smallest absolute Gasteiger partial charge is 0.228 e. The fourth-order valence-corrected chi connectivity index (χ4v) is 3.28. The Bertz CT molecular complexity index is 738. The fourth-order valence-electron chi connectivity index (χ4n) is 3.11. The van der Waals surface area contributed by atoms with Gasteiger partial charge in [0.05, 0.1) is 24.8 Å². The third-order valence-electron chi connectivity index (χ3n) is 4.32. The molecule has 1 heterocycles. The number of aromatic amines is 1. The summed E-state index contributed by atoms with van der Waals surface area (Å²) < 4.78 is 5.32. The number of nitrogens with one attached hydrogen (secondary N) is 2. The lowest BCUT2D eigenvalue weighted by molar-refractivity contribution is -0.120. The van der Waals surface area contributed by atoms with Gasteiger partial charge in [0.15, 0.2) is 5.82 Å². The van der Waals surface area contributed by atoms with Gasteiger partial charge in [0.1, 0.15) is 5.75 Å². The number of halogens is 1. The van der Waals surface area contributed by atoms with Crippen LogP contribution >= 0.6 is 11.6 Å². The Hall–Kier alpha value is -2.05. The second-order valence-corrected chi connectivity index (χ2v) is 6.60. The van der Waals surface area contributed by atoms with Crippen molar-refractivity contribution >= 4 is 23.3 Å². The number of carbonyl (C=O) groups excluding carboxylic acids is 1. The molecule has 0 saturated heterocycles. The van der Waals surface area contributed by atoms with Gasteiger partial charge in [-0.05, 0) is 31.0 Å². The number of aromatic nitrogens is 2. The summed E-state index contributed by atoms with van der Waals surface area (Å²) in [6, 6.07) is 6.99. The van der Waals surface area contributed by atoms with Crippen molar-refractivity contribution in [2.75, 3.05) is 12.4 Å². The van der Waals surface area contributed by atoms with Crippen LogP contribution in [-0.2, 0) is 4.79 Å². The number of nitrogens with zero attached hydrogens (tertiary/aromatic N) is 1. The lowest BCUT2D eigenvalue weighted by atomic mass is 9.98. The highest BCUT2D eigenvalue weighted by molar-refractivity contribution is 6.31. The molecule has 0 bridgehead atoms. The lowest BCUT2D eigenvalue weighted by Gasteiger charge is -2.20. The summed E-state index contributed by atoms with van der Waals surface area (Å²) >= 11 is 6.04. The van der Waals surface area contributed by atoms with Crippen LogP contribution < -0.4 is 10.1 Å². The number of benzene rings is 1. The molecule has 2 aromatic rings. The van der Waals surface area contributed by atoms with Gasteiger partial charge in [0.2, 0.25) is 5.91 Å². The molecule has 1 amide bonds. The van der Waals surface area contributed by atoms with Crippen molar-refractivity contribution in [2.45, 2.75) is 37.7 Å². The monoisotopic (exact) mass is 349 g/mol. The highest BCUT2D eigenvalue weighted by Gasteiger charge is 2.33. The van der Waals surface area contributed by atoms with Crippen molar-refractivity contribution in [1.82, 2.24) is 10.2 Å². The molecule has 0 spiro atoms. The summed E-state index contributed by atoms with van der Waals surface area (Å²) in [6.07, 6.45) is 3.36. The molecular formula is C17H20ClN3O3. The number of methoxy groups -OCH3 is 1. The summed E-state index contributed by atoms with van der Waals surface area (Å²) in [5.41, 5.74) is 0.566. The van der Waals surface area contributed by atoms with Crippen molar-refractivity contribution in [1.29, 1.82) is 0 Å². The van der Waals surface area contributed by atoms with Crippen LogP contribution in [-0.4, -0.2) is 33.9 Å². The molecule has 1 aromatic carbocycles. The second-order valence-electron chi connectivity index (χ2n) is 6.17. The topological polar surface area (TPSA) is 87.2 Å². The molecule has 0 unspecified atom stereocenters. The Labute approximate surface area is 145 Å². The molecule has 6 nitrogen and oxygen atoms in total. The number of ether oxygens (including phenoxy) is 1. The van der Waals surface area contributed by atoms with Crippen LogP contribution in [0.3, 0.4) is 0 Å². The van der Waals surface area contributed by atoms with E-state index in [1.54, 1.807) is 31.4 Å². The molecule has 0 radical (unpaired) electrons. The number of H-pyrrole nitrogens is 1. The molecule has 3 N–H and O–H groups in total. The number of hydrogen-bond acceptors (Lipinski definition) is 4. The molecule has 3 rings (SSSR count). The van der Waals surface area contributed by atoms with E-state index in [-0.39, 0.29) is 12.3 Å². The first-order chi connectivity index (χ1) is 11.5. The quantitative estimate of drug-likeness (QED) is 0.772. The van der Waals surface area contributed by atoms with E-state index < -0.39 is 5.60 Å². The largest absolute Gasteiger partial charge is 0.496 e. The van der Waals surface area contributed by atoms with Crippen molar-refractivity contribution in [3.05, 3.63) is 29.3 Å². The minimum atomic E-state index is -0.876. The zero-order valence-electron chi connectivity index (χ0n) is 13.4. The second kappa shape index (κ2) is 6.83. The molecule has 1 aliphatic rings. The van der Waals surface area contributed by atoms with E-state index >= 15 is 0 Å². The van der Waals surface area contributed by atoms with Gasteiger partial charge in [-0.15, -0.1) is 0 Å². The van der Waals surface area contributed by atoms with Crippen LogP contribution in [0.1, 0.15) is 32.1 Å². The third kappa shape index (κ3) is 3.71. The summed E-state index contributed by atoms with van der Waals surface area (Å²) in [7, 11) is 1.58. The molecule has 0 aliphatic heterocycles. The first-order valence-electron chi connectivity index (χ1n) is 7.91. The number of hydrogen-bond donors (Lipinski definition) is 3. The highest BCUT2D eigenvalue weighted by Crippen LogP contribution is 2.34. The van der Waals surface area contributed by atoms with Crippen LogP contribution in [0.4, 0.5) is 5.82 Å². The van der Waals surface area contributed by atoms with E-state index in [0.717, 1.165) is 18.4 Å². The zero-order valence-corrected chi connectivity index (χ0v) is 14.2. The minimum absolute atomic E-state index is 0.0929. The molecule has 0 atom stereocenters. The van der Waals surface area contributed by atoms with E-state index in [4.69, 9.17) is 16.3 Å². The van der Waals surface area contributed by atoms with E-state index in [1.807, 2.05) is 0 Å². The maximum atomic E-state index is 12.1. The van der Waals surface area contributed by atoms with Crippen LogP contribution in [0.25, 0.3) is 11.3 Å². The molecular weight excluding hydrogens is 330 g/mol. The zero-order chi connectivity index (χ0) is 17.2. The molecule has 24 heavy (non-hydrogen) atoms. The van der Waals surface area contributed by atoms with E-state index in [0.29, 0.717) is 35.1 Å². The number of carbonyl (C=O) groups is 1. The van der Waals surface area contributed by atoms with Crippen LogP contribution in [0.2, 0.25) is 5.02 Å². The first-order valence-corrected chi connectivity index (χ1v) is 8.28. The summed E-state index contributed by atoms with van der Waals surface area (Å²) in [6.45, 7) is 0. The Balaban J connectivity index is 1.72. The number of rotatable bonds is 5. The highest BCUT2D eigenvalue weighted by atomic mass is 35.5. The van der Waals surface area contributed by atoms with Crippen LogP contribution in [0.15, 0.2) is 24.3 Å². The van der Waals surface area contributed by atoms with Crippen molar-refractivity contribution in [3.8, 4) is 17.0 Å². The van der Waals surface area contributed by atoms with E-state index in [1.165, 1.54) is 0 Å². The predicted molar refractivity (Wildman–Crippen MR) is 92.3 cm³/mol. The Morgan fingerprint density at radius 2 is 2.17 bits per heavy atom. The normalized spacial score (nSPS) is 16.1. The van der Waals surface area contributed by atoms with Gasteiger partial charge in [0.25, 0.3) is 0 Å². The number of amides is 1. The van der Waals surface area contributed by atoms with Gasteiger partial charge in [0, 0.05) is 16.7 Å². The summed E-state index contributed by atoms with van der Waals surface area (Å²) in [5, 5.41) is 20.6. The maximum absolute atomic E-state index is 12.1. The van der Waals surface area contributed by atoms with Crippen molar-refractivity contribution in [3.63, 3.8) is 0 Å². The van der Waals surface area contributed by atoms with Crippen LogP contribution in [0.5, 0.6) is 5.75 Å². The molecule has 7 heteroatoms. The molecule has 1 saturated carbocycles. The molecule has 1 aliphatic carbocycles. The predicted octanol–water partition coefficient (Wildman–Crippen LogP) is 3.37. The molecule has 1 fully saturated rings. The number of anilines is 1. The Morgan fingerprint density at radius 3 is 2.88 bits per heavy atom. The van der Waals surface area contributed by atoms with Gasteiger partial charge >= 0.3 is 0 Å². The average molecular weight is 350 g/mol. The van der Waals surface area contributed by atoms with Crippen molar-refractivity contribution < 1.29 is 14.6 Å². The van der Waals surface area contributed by atoms with E-state index in [2.05, 4.69) is 15.5 Å². The first kappa shape index (κ1) is 16.8. The SMILES string of the molecule is COc1ccc(Cl)cc1-c1cc(NC(=O)CC2(O)CCCC2)n[nH]1. The Morgan fingerprint density at radius 1 is 1.42 bits per heavy atom. The van der Waals surface area contributed by atoms with Gasteiger partial charge < -0.3 is 15.2 Å². The summed E-state index contributed by atoms with van der Waals surface area (Å²) in [4.78, 5) is 12.1. The number of aliphatic hydroxyl groups is 1. The van der Waals surface area contributed by atoms with Crippen LogP contribution in [0, 0.1) is 0 Å². The van der Waals surface area contributed by atoms with Gasteiger partial charge in [-0.1, -0.05) is 24.4 Å². The minimum Gasteiger partial charge on any atom is -0.496 e. The third-order valence-corrected chi connectivity index (χ3v) is 4.56. The molecule has 128 valence electrons. The van der Waals surface area contributed by atoms with Crippen molar-refractivity contribution in [2.24, 2.45) is 0 Å². The van der Waals surface area contributed by atoms with Gasteiger partial charge in [-0.3, -0.25) is 9.89 Å².